The van der Waals surface area contributed by atoms with E-state index in [1.807, 2.05) is 6.92 Å². The lowest BCUT2D eigenvalue weighted by Gasteiger charge is -2.18. The Morgan fingerprint density at radius 3 is 2.88 bits per heavy atom. The second-order valence-corrected chi connectivity index (χ2v) is 5.39. The van der Waals surface area contributed by atoms with Gasteiger partial charge in [-0.25, -0.2) is 4.98 Å². The summed E-state index contributed by atoms with van der Waals surface area (Å²) in [6.45, 7) is 6.12. The highest BCUT2D eigenvalue weighted by atomic mass is 32.2. The maximum atomic E-state index is 11.8. The Hall–Kier alpha value is -1.03. The van der Waals surface area contributed by atoms with Gasteiger partial charge in [0.25, 0.3) is 5.56 Å². The van der Waals surface area contributed by atoms with Gasteiger partial charge in [0.15, 0.2) is 0 Å². The molecule has 0 atom stereocenters. The SMILES string of the molecule is Cc1nc2c(c(=O)[nH]1)CSCC2=CC(C)C. The number of aromatic nitrogens is 2. The van der Waals surface area contributed by atoms with Crippen LogP contribution < -0.4 is 5.56 Å². The second-order valence-electron chi connectivity index (χ2n) is 4.41. The summed E-state index contributed by atoms with van der Waals surface area (Å²) in [5, 5.41) is 0. The second kappa shape index (κ2) is 4.45. The molecule has 1 aromatic heterocycles. The molecule has 0 aromatic carbocycles. The topological polar surface area (TPSA) is 45.8 Å². The molecule has 1 aromatic rings. The fraction of sp³-hybridized carbons (Fsp3) is 0.500. The van der Waals surface area contributed by atoms with Crippen LogP contribution in [0, 0.1) is 12.8 Å². The Morgan fingerprint density at radius 2 is 2.19 bits per heavy atom. The van der Waals surface area contributed by atoms with Gasteiger partial charge < -0.3 is 4.98 Å². The molecular formula is C12H16N2OS. The molecule has 3 nitrogen and oxygen atoms in total. The van der Waals surface area contributed by atoms with Gasteiger partial charge >= 0.3 is 0 Å². The minimum Gasteiger partial charge on any atom is -0.310 e. The van der Waals surface area contributed by atoms with Gasteiger partial charge in [0.2, 0.25) is 0 Å². The lowest BCUT2D eigenvalue weighted by atomic mass is 10.0. The van der Waals surface area contributed by atoms with Crippen molar-refractivity contribution < 1.29 is 0 Å². The van der Waals surface area contributed by atoms with Crippen molar-refractivity contribution in [2.24, 2.45) is 5.92 Å². The number of hydrogen-bond donors (Lipinski definition) is 1. The van der Waals surface area contributed by atoms with Crippen LogP contribution >= 0.6 is 11.8 Å². The van der Waals surface area contributed by atoms with E-state index >= 15 is 0 Å². The molecule has 0 fully saturated rings. The van der Waals surface area contributed by atoms with Crippen LogP contribution in [0.15, 0.2) is 10.9 Å². The molecule has 0 bridgehead atoms. The number of hydrogen-bond acceptors (Lipinski definition) is 3. The molecule has 1 N–H and O–H groups in total. The van der Waals surface area contributed by atoms with Crippen molar-refractivity contribution in [2.45, 2.75) is 26.5 Å². The smallest absolute Gasteiger partial charge is 0.255 e. The maximum absolute atomic E-state index is 11.8. The highest BCUT2D eigenvalue weighted by molar-refractivity contribution is 7.99. The van der Waals surface area contributed by atoms with Crippen molar-refractivity contribution in [2.75, 3.05) is 5.75 Å². The van der Waals surface area contributed by atoms with Crippen LogP contribution in [0.4, 0.5) is 0 Å². The Kier molecular flexibility index (Phi) is 3.19. The molecule has 16 heavy (non-hydrogen) atoms. The summed E-state index contributed by atoms with van der Waals surface area (Å²) >= 11 is 1.78. The Balaban J connectivity index is 2.58. The van der Waals surface area contributed by atoms with Crippen LogP contribution in [0.2, 0.25) is 0 Å². The molecule has 0 radical (unpaired) electrons. The van der Waals surface area contributed by atoms with E-state index in [1.54, 1.807) is 11.8 Å². The van der Waals surface area contributed by atoms with Crippen LogP contribution in [0.5, 0.6) is 0 Å². The minimum absolute atomic E-state index is 0.0179. The average molecular weight is 236 g/mol. The summed E-state index contributed by atoms with van der Waals surface area (Å²) in [5.41, 5.74) is 2.96. The van der Waals surface area contributed by atoms with Crippen LogP contribution in [0.1, 0.15) is 30.9 Å². The molecule has 1 aliphatic rings. The van der Waals surface area contributed by atoms with Gasteiger partial charge in [-0.2, -0.15) is 11.8 Å². The highest BCUT2D eigenvalue weighted by Gasteiger charge is 2.19. The van der Waals surface area contributed by atoms with Crippen molar-refractivity contribution in [3.8, 4) is 0 Å². The third-order valence-corrected chi connectivity index (χ3v) is 3.48. The molecule has 0 spiro atoms. The van der Waals surface area contributed by atoms with Crippen molar-refractivity contribution in [3.63, 3.8) is 0 Å². The van der Waals surface area contributed by atoms with Crippen LogP contribution in [0.25, 0.3) is 5.57 Å². The summed E-state index contributed by atoms with van der Waals surface area (Å²) in [5.74, 6) is 2.92. The maximum Gasteiger partial charge on any atom is 0.255 e. The number of aromatic amines is 1. The monoisotopic (exact) mass is 236 g/mol. The first kappa shape index (κ1) is 11.5. The Bertz CT molecular complexity index is 488. The number of nitrogens with zero attached hydrogens (tertiary/aromatic N) is 1. The minimum atomic E-state index is 0.0179. The summed E-state index contributed by atoms with van der Waals surface area (Å²) < 4.78 is 0. The normalized spacial score (nSPS) is 17.9. The van der Waals surface area contributed by atoms with Gasteiger partial charge in [0.05, 0.1) is 11.3 Å². The Labute approximate surface area is 99.4 Å². The molecule has 0 aliphatic carbocycles. The molecule has 0 unspecified atom stereocenters. The van der Waals surface area contributed by atoms with Gasteiger partial charge in [-0.15, -0.1) is 0 Å². The predicted molar refractivity (Wildman–Crippen MR) is 68.6 cm³/mol. The molecule has 1 aliphatic heterocycles. The van der Waals surface area contributed by atoms with Crippen LogP contribution in [-0.4, -0.2) is 15.7 Å². The average Bonchev–Trinajstić information content (AvgIpc) is 2.18. The van der Waals surface area contributed by atoms with Crippen LogP contribution in [0.3, 0.4) is 0 Å². The fourth-order valence-corrected chi connectivity index (χ4v) is 2.90. The number of thioether (sulfide) groups is 1. The zero-order valence-electron chi connectivity index (χ0n) is 9.83. The van der Waals surface area contributed by atoms with Gasteiger partial charge in [0, 0.05) is 11.5 Å². The van der Waals surface area contributed by atoms with E-state index in [1.165, 1.54) is 5.57 Å². The van der Waals surface area contributed by atoms with E-state index in [0.29, 0.717) is 11.7 Å². The first-order valence-electron chi connectivity index (χ1n) is 5.46. The molecule has 0 saturated carbocycles. The van der Waals surface area contributed by atoms with Gasteiger partial charge in [-0.05, 0) is 18.4 Å². The van der Waals surface area contributed by atoms with Gasteiger partial charge in [-0.3, -0.25) is 4.79 Å². The third kappa shape index (κ3) is 2.21. The van der Waals surface area contributed by atoms with Crippen LogP contribution in [-0.2, 0) is 5.75 Å². The largest absolute Gasteiger partial charge is 0.310 e. The van der Waals surface area contributed by atoms with E-state index in [2.05, 4.69) is 29.9 Å². The number of H-pyrrole nitrogens is 1. The van der Waals surface area contributed by atoms with E-state index in [4.69, 9.17) is 0 Å². The van der Waals surface area contributed by atoms with Crippen molar-refractivity contribution in [1.82, 2.24) is 9.97 Å². The van der Waals surface area contributed by atoms with Gasteiger partial charge in [-0.1, -0.05) is 19.9 Å². The van der Waals surface area contributed by atoms with Crippen molar-refractivity contribution >= 4 is 17.3 Å². The molecular weight excluding hydrogens is 220 g/mol. The third-order valence-electron chi connectivity index (χ3n) is 2.48. The first-order chi connectivity index (χ1) is 7.58. The zero-order valence-corrected chi connectivity index (χ0v) is 10.6. The van der Waals surface area contributed by atoms with Gasteiger partial charge in [0.1, 0.15) is 5.82 Å². The summed E-state index contributed by atoms with van der Waals surface area (Å²) in [4.78, 5) is 19.0. The molecule has 4 heteroatoms. The molecule has 0 amide bonds. The van der Waals surface area contributed by atoms with E-state index in [9.17, 15) is 4.79 Å². The summed E-state index contributed by atoms with van der Waals surface area (Å²) in [7, 11) is 0. The summed E-state index contributed by atoms with van der Waals surface area (Å²) in [6, 6.07) is 0. The summed E-state index contributed by atoms with van der Waals surface area (Å²) in [6.07, 6.45) is 2.21. The molecule has 2 rings (SSSR count). The van der Waals surface area contributed by atoms with E-state index in [-0.39, 0.29) is 5.56 Å². The Morgan fingerprint density at radius 1 is 1.44 bits per heavy atom. The number of fused-ring (bicyclic) bond motifs is 1. The van der Waals surface area contributed by atoms with Crippen molar-refractivity contribution in [1.29, 1.82) is 0 Å². The first-order valence-corrected chi connectivity index (χ1v) is 6.62. The standard InChI is InChI=1S/C12H16N2OS/c1-7(2)4-9-5-16-6-10-11(9)13-8(3)14-12(10)15/h4,7H,5-6H2,1-3H3,(H,13,14,15). The highest BCUT2D eigenvalue weighted by Crippen LogP contribution is 2.29. The lowest BCUT2D eigenvalue weighted by Crippen LogP contribution is -2.21. The number of allylic oxidation sites excluding steroid dienone is 1. The zero-order chi connectivity index (χ0) is 11.7. The number of nitrogens with one attached hydrogen (secondary N) is 1. The fourth-order valence-electron chi connectivity index (χ4n) is 1.87. The quantitative estimate of drug-likeness (QED) is 0.814. The predicted octanol–water partition coefficient (Wildman–Crippen LogP) is 2.36. The molecule has 0 saturated heterocycles. The number of rotatable bonds is 1. The molecule has 2 heterocycles. The van der Waals surface area contributed by atoms with E-state index < -0.39 is 0 Å². The lowest BCUT2D eigenvalue weighted by molar-refractivity contribution is 0.830. The number of aryl methyl sites for hydroxylation is 1. The molecule has 86 valence electrons. The van der Waals surface area contributed by atoms with Crippen molar-refractivity contribution in [3.05, 3.63) is 33.5 Å². The van der Waals surface area contributed by atoms with E-state index in [0.717, 1.165) is 22.8 Å².